The Kier molecular flexibility index (Phi) is 4.68. The van der Waals surface area contributed by atoms with Crippen LogP contribution in [0.15, 0.2) is 0 Å². The molecule has 2 aliphatic carbocycles. The van der Waals surface area contributed by atoms with Crippen LogP contribution >= 0.6 is 0 Å². The second kappa shape index (κ2) is 6.12. The number of amides is 1. The van der Waals surface area contributed by atoms with Crippen LogP contribution in [0.5, 0.6) is 0 Å². The van der Waals surface area contributed by atoms with E-state index in [-0.39, 0.29) is 18.4 Å². The van der Waals surface area contributed by atoms with Crippen molar-refractivity contribution in [2.75, 3.05) is 6.54 Å². The van der Waals surface area contributed by atoms with Crippen molar-refractivity contribution in [3.05, 3.63) is 0 Å². The van der Waals surface area contributed by atoms with E-state index in [9.17, 15) is 19.8 Å². The van der Waals surface area contributed by atoms with Gasteiger partial charge in [-0.05, 0) is 31.6 Å². The number of hydrogen-bond donors (Lipinski definition) is 3. The molecule has 0 aromatic carbocycles. The molecule has 3 atom stereocenters. The maximum Gasteiger partial charge on any atom is 0.307 e. The average Bonchev–Trinajstić information content (AvgIpc) is 2.79. The standard InChI is InChI=1S/C15H25NO4/c1-10-7-11(12(8-10)14(18)19)13(17)16-9-15(20)5-3-2-4-6-15/h10-12,20H,2-9H2,1H3,(H,16,17)(H,18,19)/t10?,11-,12+/m0/s1. The summed E-state index contributed by atoms with van der Waals surface area (Å²) in [7, 11) is 0. The molecule has 2 aliphatic rings. The lowest BCUT2D eigenvalue weighted by atomic mass is 9.84. The Morgan fingerprint density at radius 2 is 1.75 bits per heavy atom. The number of carbonyl (C=O) groups excluding carboxylic acids is 1. The van der Waals surface area contributed by atoms with Crippen LogP contribution in [0, 0.1) is 17.8 Å². The molecule has 0 aromatic heterocycles. The van der Waals surface area contributed by atoms with Crippen LogP contribution < -0.4 is 5.32 Å². The van der Waals surface area contributed by atoms with Crippen molar-refractivity contribution < 1.29 is 19.8 Å². The zero-order valence-electron chi connectivity index (χ0n) is 12.1. The summed E-state index contributed by atoms with van der Waals surface area (Å²) in [5, 5.41) is 22.3. The second-order valence-corrected chi connectivity index (χ2v) is 6.63. The summed E-state index contributed by atoms with van der Waals surface area (Å²) in [6.07, 6.45) is 5.75. The van der Waals surface area contributed by atoms with Crippen LogP contribution in [0.1, 0.15) is 51.9 Å². The highest BCUT2D eigenvalue weighted by Crippen LogP contribution is 2.36. The van der Waals surface area contributed by atoms with E-state index >= 15 is 0 Å². The van der Waals surface area contributed by atoms with E-state index in [0.717, 1.165) is 32.1 Å². The lowest BCUT2D eigenvalue weighted by molar-refractivity contribution is -0.146. The number of carboxylic acids is 1. The second-order valence-electron chi connectivity index (χ2n) is 6.63. The SMILES string of the molecule is CC1C[C@H](C(=O)NCC2(O)CCCCC2)[C@H](C(=O)O)C1. The van der Waals surface area contributed by atoms with Gasteiger partial charge in [0.05, 0.1) is 17.4 Å². The normalized spacial score (nSPS) is 32.8. The third-order valence-electron chi connectivity index (χ3n) is 4.83. The van der Waals surface area contributed by atoms with Crippen molar-refractivity contribution in [3.8, 4) is 0 Å². The monoisotopic (exact) mass is 283 g/mol. The number of rotatable bonds is 4. The van der Waals surface area contributed by atoms with E-state index in [1.54, 1.807) is 0 Å². The summed E-state index contributed by atoms with van der Waals surface area (Å²) >= 11 is 0. The fourth-order valence-electron chi connectivity index (χ4n) is 3.62. The molecule has 2 rings (SSSR count). The zero-order chi connectivity index (χ0) is 14.8. The summed E-state index contributed by atoms with van der Waals surface area (Å²) in [5.74, 6) is -1.85. The van der Waals surface area contributed by atoms with Gasteiger partial charge in [0.25, 0.3) is 0 Å². The number of aliphatic hydroxyl groups is 1. The quantitative estimate of drug-likeness (QED) is 0.730. The first-order chi connectivity index (χ1) is 9.41. The third-order valence-corrected chi connectivity index (χ3v) is 4.83. The van der Waals surface area contributed by atoms with Gasteiger partial charge >= 0.3 is 5.97 Å². The van der Waals surface area contributed by atoms with Gasteiger partial charge in [-0.25, -0.2) is 0 Å². The van der Waals surface area contributed by atoms with E-state index < -0.39 is 23.4 Å². The van der Waals surface area contributed by atoms with Crippen LogP contribution in [0.2, 0.25) is 0 Å². The maximum absolute atomic E-state index is 12.2. The van der Waals surface area contributed by atoms with Crippen molar-refractivity contribution in [1.29, 1.82) is 0 Å². The lowest BCUT2D eigenvalue weighted by Crippen LogP contribution is -2.46. The molecule has 0 saturated heterocycles. The molecule has 2 saturated carbocycles. The van der Waals surface area contributed by atoms with E-state index in [1.807, 2.05) is 6.92 Å². The number of carboxylic acid groups (broad SMARTS) is 1. The topological polar surface area (TPSA) is 86.6 Å². The summed E-state index contributed by atoms with van der Waals surface area (Å²) in [6.45, 7) is 2.24. The highest BCUT2D eigenvalue weighted by molar-refractivity contribution is 5.85. The molecular formula is C15H25NO4. The Bertz CT molecular complexity index is 376. The molecule has 0 spiro atoms. The minimum absolute atomic E-state index is 0.208. The molecule has 20 heavy (non-hydrogen) atoms. The predicted molar refractivity (Wildman–Crippen MR) is 74.1 cm³/mol. The van der Waals surface area contributed by atoms with Gasteiger partial charge in [-0.1, -0.05) is 26.2 Å². The fraction of sp³-hybridized carbons (Fsp3) is 0.867. The maximum atomic E-state index is 12.2. The molecule has 1 unspecified atom stereocenters. The van der Waals surface area contributed by atoms with Crippen molar-refractivity contribution >= 4 is 11.9 Å². The van der Waals surface area contributed by atoms with Gasteiger partial charge < -0.3 is 15.5 Å². The lowest BCUT2D eigenvalue weighted by Gasteiger charge is -2.32. The summed E-state index contributed by atoms with van der Waals surface area (Å²) in [6, 6.07) is 0. The van der Waals surface area contributed by atoms with E-state index in [4.69, 9.17) is 0 Å². The number of nitrogens with one attached hydrogen (secondary N) is 1. The Labute approximate surface area is 119 Å². The minimum Gasteiger partial charge on any atom is -0.481 e. The average molecular weight is 283 g/mol. The molecule has 5 nitrogen and oxygen atoms in total. The summed E-state index contributed by atoms with van der Waals surface area (Å²) < 4.78 is 0. The summed E-state index contributed by atoms with van der Waals surface area (Å²) in [4.78, 5) is 23.4. The molecule has 0 radical (unpaired) electrons. The Balaban J connectivity index is 1.89. The fourth-order valence-corrected chi connectivity index (χ4v) is 3.62. The first-order valence-corrected chi connectivity index (χ1v) is 7.64. The Morgan fingerprint density at radius 3 is 2.35 bits per heavy atom. The molecule has 5 heteroatoms. The highest BCUT2D eigenvalue weighted by atomic mass is 16.4. The van der Waals surface area contributed by atoms with E-state index in [0.29, 0.717) is 12.8 Å². The number of hydrogen-bond acceptors (Lipinski definition) is 3. The summed E-state index contributed by atoms with van der Waals surface area (Å²) in [5.41, 5.74) is -0.795. The molecular weight excluding hydrogens is 258 g/mol. The molecule has 2 fully saturated rings. The van der Waals surface area contributed by atoms with Crippen molar-refractivity contribution in [2.45, 2.75) is 57.5 Å². The molecule has 0 bridgehead atoms. The predicted octanol–water partition coefficient (Wildman–Crippen LogP) is 1.54. The number of aliphatic carboxylic acids is 1. The van der Waals surface area contributed by atoms with E-state index in [2.05, 4.69) is 5.32 Å². The molecule has 0 aromatic rings. The molecule has 3 N–H and O–H groups in total. The van der Waals surface area contributed by atoms with Crippen LogP contribution in [0.3, 0.4) is 0 Å². The van der Waals surface area contributed by atoms with Crippen molar-refractivity contribution in [2.24, 2.45) is 17.8 Å². The first kappa shape index (κ1) is 15.3. The van der Waals surface area contributed by atoms with Gasteiger partial charge in [0.15, 0.2) is 0 Å². The van der Waals surface area contributed by atoms with Gasteiger partial charge in [-0.3, -0.25) is 9.59 Å². The highest BCUT2D eigenvalue weighted by Gasteiger charge is 2.41. The van der Waals surface area contributed by atoms with Crippen molar-refractivity contribution in [3.63, 3.8) is 0 Å². The van der Waals surface area contributed by atoms with Crippen molar-refractivity contribution in [1.82, 2.24) is 5.32 Å². The molecule has 0 heterocycles. The first-order valence-electron chi connectivity index (χ1n) is 7.64. The third kappa shape index (κ3) is 3.51. The number of carbonyl (C=O) groups is 2. The van der Waals surface area contributed by atoms with Gasteiger partial charge in [-0.2, -0.15) is 0 Å². The van der Waals surface area contributed by atoms with Crippen LogP contribution in [-0.2, 0) is 9.59 Å². The van der Waals surface area contributed by atoms with Gasteiger partial charge in [-0.15, -0.1) is 0 Å². The van der Waals surface area contributed by atoms with E-state index in [1.165, 1.54) is 0 Å². The largest absolute Gasteiger partial charge is 0.481 e. The zero-order valence-corrected chi connectivity index (χ0v) is 12.1. The Hall–Kier alpha value is -1.10. The van der Waals surface area contributed by atoms with Gasteiger partial charge in [0.1, 0.15) is 0 Å². The Morgan fingerprint density at radius 1 is 1.15 bits per heavy atom. The molecule has 1 amide bonds. The van der Waals surface area contributed by atoms with Crippen LogP contribution in [0.4, 0.5) is 0 Å². The van der Waals surface area contributed by atoms with Gasteiger partial charge in [0, 0.05) is 6.54 Å². The van der Waals surface area contributed by atoms with Crippen LogP contribution in [-0.4, -0.2) is 34.2 Å². The minimum atomic E-state index is -0.883. The smallest absolute Gasteiger partial charge is 0.307 e. The van der Waals surface area contributed by atoms with Crippen LogP contribution in [0.25, 0.3) is 0 Å². The van der Waals surface area contributed by atoms with Gasteiger partial charge in [0.2, 0.25) is 5.91 Å². The molecule has 0 aliphatic heterocycles. The molecule has 114 valence electrons.